The fourth-order valence-electron chi connectivity index (χ4n) is 4.38. The third kappa shape index (κ3) is 2.95. The minimum atomic E-state index is -1.09. The SMILES string of the molecule is Cc1ccc(-c2csc(NC(=O)[C@H]3[C@@H]4CC[C@@H](C4)[C@@H]3C(=O)[O-])n2)cc1. The quantitative estimate of drug-likeness (QED) is 0.913. The number of thiazole rings is 1. The maximum Gasteiger partial charge on any atom is 0.230 e. The van der Waals surface area contributed by atoms with Gasteiger partial charge in [-0.1, -0.05) is 29.8 Å². The van der Waals surface area contributed by atoms with Crippen LogP contribution in [0, 0.1) is 30.6 Å². The van der Waals surface area contributed by atoms with Crippen LogP contribution in [0.5, 0.6) is 0 Å². The number of hydrogen-bond donors (Lipinski definition) is 1. The molecule has 0 radical (unpaired) electrons. The topological polar surface area (TPSA) is 82.1 Å². The molecule has 1 aromatic heterocycles. The lowest BCUT2D eigenvalue weighted by atomic mass is 9.79. The standard InChI is InChI=1S/C19H20N2O3S/c1-10-2-4-11(5-3-10)14-9-25-19(20-14)21-17(22)15-12-6-7-13(8-12)16(15)18(23)24/h2-5,9,12-13,15-16H,6-8H2,1H3,(H,23,24)(H,20,21,22)/p-1/t12-,13+,15+,16+/m1/s1. The second-order valence-electron chi connectivity index (χ2n) is 7.10. The second-order valence-corrected chi connectivity index (χ2v) is 7.96. The van der Waals surface area contributed by atoms with Crippen molar-refractivity contribution >= 4 is 28.3 Å². The molecule has 5 nitrogen and oxygen atoms in total. The van der Waals surface area contributed by atoms with Crippen LogP contribution in [0.1, 0.15) is 24.8 Å². The van der Waals surface area contributed by atoms with Crippen LogP contribution in [0.3, 0.4) is 0 Å². The number of rotatable bonds is 4. The van der Waals surface area contributed by atoms with Gasteiger partial charge in [-0.05, 0) is 38.0 Å². The van der Waals surface area contributed by atoms with E-state index in [1.54, 1.807) is 0 Å². The maximum atomic E-state index is 12.7. The van der Waals surface area contributed by atoms with Crippen LogP contribution in [-0.4, -0.2) is 16.9 Å². The normalized spacial score (nSPS) is 27.4. The molecule has 0 saturated heterocycles. The van der Waals surface area contributed by atoms with Gasteiger partial charge in [0.2, 0.25) is 5.91 Å². The minimum Gasteiger partial charge on any atom is -0.550 e. The van der Waals surface area contributed by atoms with Crippen molar-refractivity contribution in [2.24, 2.45) is 23.7 Å². The molecule has 1 heterocycles. The third-order valence-corrected chi connectivity index (χ3v) is 6.33. The van der Waals surface area contributed by atoms with Crippen molar-refractivity contribution in [3.8, 4) is 11.3 Å². The predicted molar refractivity (Wildman–Crippen MR) is 93.7 cm³/mol. The first-order valence-electron chi connectivity index (χ1n) is 8.57. The average molecular weight is 355 g/mol. The number of aliphatic carboxylic acids is 1. The van der Waals surface area contributed by atoms with Gasteiger partial charge in [-0.2, -0.15) is 0 Å². The molecular formula is C19H19N2O3S-. The van der Waals surface area contributed by atoms with Crippen LogP contribution in [0.15, 0.2) is 29.6 Å². The number of nitrogens with zero attached hydrogens (tertiary/aromatic N) is 1. The summed E-state index contributed by atoms with van der Waals surface area (Å²) in [4.78, 5) is 28.6. The van der Waals surface area contributed by atoms with E-state index in [1.165, 1.54) is 16.9 Å². The highest BCUT2D eigenvalue weighted by Crippen LogP contribution is 2.52. The lowest BCUT2D eigenvalue weighted by molar-refractivity contribution is -0.314. The van der Waals surface area contributed by atoms with Crippen molar-refractivity contribution < 1.29 is 14.7 Å². The molecule has 0 spiro atoms. The Balaban J connectivity index is 1.50. The number of amides is 1. The second kappa shape index (κ2) is 6.26. The molecule has 1 aromatic carbocycles. The fourth-order valence-corrected chi connectivity index (χ4v) is 5.11. The molecule has 2 aromatic rings. The molecule has 130 valence electrons. The molecule has 0 aliphatic heterocycles. The number of carboxylic acid groups (broad SMARTS) is 1. The molecule has 4 atom stereocenters. The number of hydrogen-bond acceptors (Lipinski definition) is 5. The first-order chi connectivity index (χ1) is 12.0. The minimum absolute atomic E-state index is 0.0881. The number of aromatic nitrogens is 1. The average Bonchev–Trinajstić information content (AvgIpc) is 3.30. The van der Waals surface area contributed by atoms with E-state index >= 15 is 0 Å². The van der Waals surface area contributed by atoms with E-state index in [9.17, 15) is 14.7 Å². The van der Waals surface area contributed by atoms with Crippen molar-refractivity contribution in [2.45, 2.75) is 26.2 Å². The largest absolute Gasteiger partial charge is 0.550 e. The number of anilines is 1. The molecule has 25 heavy (non-hydrogen) atoms. The molecule has 6 heteroatoms. The Morgan fingerprint density at radius 2 is 1.84 bits per heavy atom. The Labute approximate surface area is 150 Å². The van der Waals surface area contributed by atoms with Gasteiger partial charge in [0.05, 0.1) is 5.69 Å². The molecule has 2 aliphatic rings. The molecule has 2 bridgehead atoms. The highest BCUT2D eigenvalue weighted by Gasteiger charge is 2.51. The number of benzene rings is 1. The number of aryl methyl sites for hydroxylation is 1. The van der Waals surface area contributed by atoms with Crippen LogP contribution in [-0.2, 0) is 9.59 Å². The van der Waals surface area contributed by atoms with Gasteiger partial charge in [0.15, 0.2) is 5.13 Å². The Hall–Kier alpha value is -2.21. The number of carbonyl (C=O) groups is 2. The van der Waals surface area contributed by atoms with Crippen LogP contribution in [0.25, 0.3) is 11.3 Å². The summed E-state index contributed by atoms with van der Waals surface area (Å²) in [5, 5.41) is 16.7. The summed E-state index contributed by atoms with van der Waals surface area (Å²) in [5.74, 6) is -2.22. The molecule has 1 amide bonds. The smallest absolute Gasteiger partial charge is 0.230 e. The van der Waals surface area contributed by atoms with E-state index in [0.29, 0.717) is 5.13 Å². The summed E-state index contributed by atoms with van der Waals surface area (Å²) in [6, 6.07) is 8.04. The number of carboxylic acids is 1. The van der Waals surface area contributed by atoms with Gasteiger partial charge >= 0.3 is 0 Å². The van der Waals surface area contributed by atoms with E-state index in [0.717, 1.165) is 30.5 Å². The molecule has 2 aliphatic carbocycles. The highest BCUT2D eigenvalue weighted by molar-refractivity contribution is 7.14. The van der Waals surface area contributed by atoms with E-state index in [-0.39, 0.29) is 17.7 Å². The van der Waals surface area contributed by atoms with Crippen molar-refractivity contribution in [3.63, 3.8) is 0 Å². The van der Waals surface area contributed by atoms with Gasteiger partial charge in [0.25, 0.3) is 0 Å². The highest BCUT2D eigenvalue weighted by atomic mass is 32.1. The summed E-state index contributed by atoms with van der Waals surface area (Å²) >= 11 is 1.36. The zero-order valence-corrected chi connectivity index (χ0v) is 14.7. The fraction of sp³-hybridized carbons (Fsp3) is 0.421. The van der Waals surface area contributed by atoms with E-state index < -0.39 is 17.8 Å². The lowest BCUT2D eigenvalue weighted by Crippen LogP contribution is -2.43. The number of carbonyl (C=O) groups excluding carboxylic acids is 2. The zero-order chi connectivity index (χ0) is 17.6. The van der Waals surface area contributed by atoms with Gasteiger partial charge in [0.1, 0.15) is 0 Å². The third-order valence-electron chi connectivity index (χ3n) is 5.57. The van der Waals surface area contributed by atoms with Crippen molar-refractivity contribution in [1.29, 1.82) is 0 Å². The number of nitrogens with one attached hydrogen (secondary N) is 1. The van der Waals surface area contributed by atoms with Gasteiger partial charge in [-0.3, -0.25) is 4.79 Å². The summed E-state index contributed by atoms with van der Waals surface area (Å²) in [6.45, 7) is 2.03. The van der Waals surface area contributed by atoms with Crippen LogP contribution >= 0.6 is 11.3 Å². The maximum absolute atomic E-state index is 12.7. The molecule has 1 N–H and O–H groups in total. The van der Waals surface area contributed by atoms with Crippen molar-refractivity contribution in [3.05, 3.63) is 35.2 Å². The first kappa shape index (κ1) is 16.3. The Morgan fingerprint density at radius 3 is 2.52 bits per heavy atom. The summed E-state index contributed by atoms with van der Waals surface area (Å²) in [6.07, 6.45) is 2.64. The summed E-state index contributed by atoms with van der Waals surface area (Å²) in [7, 11) is 0. The molecular weight excluding hydrogens is 336 g/mol. The van der Waals surface area contributed by atoms with Crippen molar-refractivity contribution in [2.75, 3.05) is 5.32 Å². The van der Waals surface area contributed by atoms with Gasteiger partial charge in [-0.15, -0.1) is 11.3 Å². The lowest BCUT2D eigenvalue weighted by Gasteiger charge is -2.30. The van der Waals surface area contributed by atoms with Crippen LogP contribution < -0.4 is 10.4 Å². The van der Waals surface area contributed by atoms with Gasteiger partial charge in [-0.25, -0.2) is 4.98 Å². The first-order valence-corrected chi connectivity index (χ1v) is 9.45. The molecule has 0 unspecified atom stereocenters. The predicted octanol–water partition coefficient (Wildman–Crippen LogP) is 2.47. The number of fused-ring (bicyclic) bond motifs is 2. The van der Waals surface area contributed by atoms with E-state index in [2.05, 4.69) is 10.3 Å². The Kier molecular flexibility index (Phi) is 4.07. The van der Waals surface area contributed by atoms with Gasteiger partial charge < -0.3 is 15.2 Å². The van der Waals surface area contributed by atoms with E-state index in [1.807, 2.05) is 36.6 Å². The molecule has 2 fully saturated rings. The van der Waals surface area contributed by atoms with Crippen LogP contribution in [0.2, 0.25) is 0 Å². The van der Waals surface area contributed by atoms with Crippen LogP contribution in [0.4, 0.5) is 5.13 Å². The van der Waals surface area contributed by atoms with Crippen molar-refractivity contribution in [1.82, 2.24) is 4.98 Å². The summed E-state index contributed by atoms with van der Waals surface area (Å²) < 4.78 is 0. The van der Waals surface area contributed by atoms with E-state index in [4.69, 9.17) is 0 Å². The molecule has 2 saturated carbocycles. The summed E-state index contributed by atoms with van der Waals surface area (Å²) in [5.41, 5.74) is 2.98. The zero-order valence-electron chi connectivity index (χ0n) is 13.9. The Morgan fingerprint density at radius 1 is 1.16 bits per heavy atom. The monoisotopic (exact) mass is 355 g/mol. The Bertz CT molecular complexity index is 814. The molecule has 4 rings (SSSR count). The van der Waals surface area contributed by atoms with Gasteiger partial charge in [0, 0.05) is 28.7 Å².